The second kappa shape index (κ2) is 10.7. The molecule has 0 bridgehead atoms. The fraction of sp³-hybridized carbons (Fsp3) is 0.318. The molecule has 1 saturated heterocycles. The number of nitrogens with one attached hydrogen (secondary N) is 1. The van der Waals surface area contributed by atoms with Crippen LogP contribution in [0, 0.1) is 0 Å². The van der Waals surface area contributed by atoms with E-state index in [4.69, 9.17) is 16.3 Å². The van der Waals surface area contributed by atoms with Crippen LogP contribution in [0.4, 0.5) is 24.7 Å². The van der Waals surface area contributed by atoms with Crippen molar-refractivity contribution >= 4 is 46.1 Å². The summed E-state index contributed by atoms with van der Waals surface area (Å²) in [5.74, 6) is -0.138. The van der Waals surface area contributed by atoms with Crippen LogP contribution in [-0.4, -0.2) is 52.9 Å². The summed E-state index contributed by atoms with van der Waals surface area (Å²) in [6.45, 7) is 2.55. The van der Waals surface area contributed by atoms with Gasteiger partial charge in [-0.05, 0) is 18.2 Å². The summed E-state index contributed by atoms with van der Waals surface area (Å²) in [4.78, 5) is 39.8. The lowest BCUT2D eigenvalue weighted by Crippen LogP contribution is -2.36. The molecular weight excluding hydrogens is 507 g/mol. The maximum atomic E-state index is 13.0. The first-order chi connectivity index (χ1) is 16.7. The molecule has 0 spiro atoms. The Bertz CT molecular complexity index is 1230. The van der Waals surface area contributed by atoms with Crippen LogP contribution < -0.4 is 10.2 Å². The van der Waals surface area contributed by atoms with Gasteiger partial charge in [-0.15, -0.1) is 11.3 Å². The Balaban J connectivity index is 1.35. The molecule has 0 unspecified atom stereocenters. The first kappa shape index (κ1) is 25.0. The van der Waals surface area contributed by atoms with Gasteiger partial charge in [-0.25, -0.2) is 15.0 Å². The van der Waals surface area contributed by atoms with Crippen LogP contribution >= 0.6 is 22.9 Å². The fourth-order valence-corrected chi connectivity index (χ4v) is 4.39. The van der Waals surface area contributed by atoms with Gasteiger partial charge < -0.3 is 15.0 Å². The van der Waals surface area contributed by atoms with Crippen LogP contribution in [0.3, 0.4) is 0 Å². The van der Waals surface area contributed by atoms with Crippen molar-refractivity contribution in [2.24, 2.45) is 0 Å². The maximum Gasteiger partial charge on any atom is 0.417 e. The van der Waals surface area contributed by atoms with Gasteiger partial charge in [-0.3, -0.25) is 9.59 Å². The summed E-state index contributed by atoms with van der Waals surface area (Å²) in [5.41, 5.74) is -0.794. The number of halogens is 4. The lowest BCUT2D eigenvalue weighted by atomic mass is 10.1. The van der Waals surface area contributed by atoms with Crippen molar-refractivity contribution in [2.75, 3.05) is 36.5 Å². The molecular formula is C22H19ClF3N5O3S. The van der Waals surface area contributed by atoms with Gasteiger partial charge in [0.15, 0.2) is 5.78 Å². The molecule has 13 heteroatoms. The number of morpholine rings is 1. The fourth-order valence-electron chi connectivity index (χ4n) is 3.36. The van der Waals surface area contributed by atoms with Crippen LogP contribution in [0.5, 0.6) is 0 Å². The Labute approximate surface area is 207 Å². The van der Waals surface area contributed by atoms with E-state index in [1.165, 1.54) is 18.6 Å². The van der Waals surface area contributed by atoms with E-state index in [1.54, 1.807) is 6.07 Å². The highest BCUT2D eigenvalue weighted by Crippen LogP contribution is 2.36. The molecule has 8 nitrogen and oxygen atoms in total. The summed E-state index contributed by atoms with van der Waals surface area (Å²) in [7, 11) is 0. The van der Waals surface area contributed by atoms with E-state index < -0.39 is 22.7 Å². The Morgan fingerprint density at radius 3 is 2.66 bits per heavy atom. The van der Waals surface area contributed by atoms with Crippen LogP contribution in [0.2, 0.25) is 5.02 Å². The van der Waals surface area contributed by atoms with Crippen LogP contribution in [0.15, 0.2) is 36.8 Å². The standard InChI is InChI=1S/C22H19ClF3N5O3S/c23-15-2-1-13(9-14(15)22(24,25)26)30-21(33)18-11-27-20(35-18)4-3-17(32)16-10-19(29-12-28-16)31-5-7-34-8-6-31/h1-2,9-12H,3-8H2,(H,30,33). The topological polar surface area (TPSA) is 97.3 Å². The van der Waals surface area contributed by atoms with Gasteiger partial charge >= 0.3 is 6.18 Å². The molecule has 0 radical (unpaired) electrons. The number of rotatable bonds is 7. The van der Waals surface area contributed by atoms with E-state index in [0.717, 1.165) is 23.5 Å². The van der Waals surface area contributed by atoms with Crippen molar-refractivity contribution in [1.29, 1.82) is 0 Å². The van der Waals surface area contributed by atoms with Gasteiger partial charge in [0, 0.05) is 37.7 Å². The number of carbonyl (C=O) groups is 2. The number of Topliss-reactive ketones (excluding diaryl/α,β-unsaturated/α-hetero) is 1. The number of ether oxygens (including phenoxy) is 1. The Morgan fingerprint density at radius 2 is 1.91 bits per heavy atom. The normalized spacial score (nSPS) is 14.1. The van der Waals surface area contributed by atoms with Crippen LogP contribution in [-0.2, 0) is 17.3 Å². The molecule has 1 aliphatic rings. The Hall–Kier alpha value is -3.09. The van der Waals surface area contributed by atoms with Crippen LogP contribution in [0.1, 0.15) is 37.2 Å². The molecule has 1 aliphatic heterocycles. The Kier molecular flexibility index (Phi) is 7.63. The number of aromatic nitrogens is 3. The number of hydrogen-bond acceptors (Lipinski definition) is 8. The number of anilines is 2. The SMILES string of the molecule is O=C(CCc1ncc(C(=O)Nc2ccc(Cl)c(C(F)(F)F)c2)s1)c1cc(N2CCOCC2)ncn1. The minimum atomic E-state index is -4.64. The third-order valence-corrected chi connectivity index (χ3v) is 6.53. The van der Waals surface area contributed by atoms with Crippen molar-refractivity contribution in [2.45, 2.75) is 19.0 Å². The van der Waals surface area contributed by atoms with Crippen LogP contribution in [0.25, 0.3) is 0 Å². The average molecular weight is 526 g/mol. The third-order valence-electron chi connectivity index (χ3n) is 5.15. The number of nitrogens with zero attached hydrogens (tertiary/aromatic N) is 4. The number of hydrogen-bond donors (Lipinski definition) is 1. The molecule has 0 aliphatic carbocycles. The molecule has 3 heterocycles. The van der Waals surface area contributed by atoms with Crippen molar-refractivity contribution in [3.05, 3.63) is 63.0 Å². The molecule has 1 N–H and O–H groups in total. The quantitative estimate of drug-likeness (QED) is 0.453. The van der Waals surface area contributed by atoms with E-state index >= 15 is 0 Å². The molecule has 4 rings (SSSR count). The minimum absolute atomic E-state index is 0.0447. The molecule has 35 heavy (non-hydrogen) atoms. The van der Waals surface area contributed by atoms with Crippen molar-refractivity contribution in [3.63, 3.8) is 0 Å². The summed E-state index contributed by atoms with van der Waals surface area (Å²) >= 11 is 6.66. The molecule has 2 aromatic heterocycles. The molecule has 0 atom stereocenters. The second-order valence-corrected chi connectivity index (χ2v) is 9.07. The molecule has 0 saturated carbocycles. The van der Waals surface area contributed by atoms with Gasteiger partial charge in [0.1, 0.15) is 22.7 Å². The minimum Gasteiger partial charge on any atom is -0.378 e. The van der Waals surface area contributed by atoms with Gasteiger partial charge in [-0.1, -0.05) is 11.6 Å². The first-order valence-corrected chi connectivity index (χ1v) is 11.7. The number of thiazole rings is 1. The molecule has 1 amide bonds. The van der Waals surface area contributed by atoms with E-state index in [-0.39, 0.29) is 29.2 Å². The summed E-state index contributed by atoms with van der Waals surface area (Å²) in [5, 5.41) is 2.50. The highest BCUT2D eigenvalue weighted by Gasteiger charge is 2.33. The number of aryl methyl sites for hydroxylation is 1. The zero-order chi connectivity index (χ0) is 25.0. The Morgan fingerprint density at radius 1 is 1.14 bits per heavy atom. The van der Waals surface area contributed by atoms with Gasteiger partial charge in [0.25, 0.3) is 5.91 Å². The number of amides is 1. The van der Waals surface area contributed by atoms with Crippen molar-refractivity contribution < 1.29 is 27.5 Å². The predicted molar refractivity (Wildman–Crippen MR) is 124 cm³/mol. The average Bonchev–Trinajstić information content (AvgIpc) is 3.33. The monoisotopic (exact) mass is 525 g/mol. The second-order valence-electron chi connectivity index (χ2n) is 7.55. The smallest absolute Gasteiger partial charge is 0.378 e. The lowest BCUT2D eigenvalue weighted by Gasteiger charge is -2.27. The lowest BCUT2D eigenvalue weighted by molar-refractivity contribution is -0.137. The van der Waals surface area contributed by atoms with E-state index in [1.807, 2.05) is 4.90 Å². The highest BCUT2D eigenvalue weighted by molar-refractivity contribution is 7.13. The summed E-state index contributed by atoms with van der Waals surface area (Å²) in [6.07, 6.45) is -1.56. The maximum absolute atomic E-state index is 13.0. The largest absolute Gasteiger partial charge is 0.417 e. The summed E-state index contributed by atoms with van der Waals surface area (Å²) < 4.78 is 44.4. The number of benzene rings is 1. The van der Waals surface area contributed by atoms with Crippen molar-refractivity contribution in [1.82, 2.24) is 15.0 Å². The zero-order valence-electron chi connectivity index (χ0n) is 18.1. The van der Waals surface area contributed by atoms with Gasteiger partial charge in [-0.2, -0.15) is 13.2 Å². The molecule has 3 aromatic rings. The number of carbonyl (C=O) groups excluding carboxylic acids is 2. The van der Waals surface area contributed by atoms with Gasteiger partial charge in [0.05, 0.1) is 35.0 Å². The van der Waals surface area contributed by atoms with Crippen molar-refractivity contribution in [3.8, 4) is 0 Å². The van der Waals surface area contributed by atoms with E-state index in [0.29, 0.717) is 42.8 Å². The number of ketones is 1. The number of alkyl halides is 3. The van der Waals surface area contributed by atoms with E-state index in [9.17, 15) is 22.8 Å². The first-order valence-electron chi connectivity index (χ1n) is 10.5. The highest BCUT2D eigenvalue weighted by atomic mass is 35.5. The molecule has 1 aromatic carbocycles. The molecule has 184 valence electrons. The summed E-state index contributed by atoms with van der Waals surface area (Å²) in [6, 6.07) is 4.77. The predicted octanol–water partition coefficient (Wildman–Crippen LogP) is 4.51. The van der Waals surface area contributed by atoms with E-state index in [2.05, 4.69) is 20.3 Å². The third kappa shape index (κ3) is 6.32. The van der Waals surface area contributed by atoms with Gasteiger partial charge in [0.2, 0.25) is 0 Å². The zero-order valence-corrected chi connectivity index (χ0v) is 19.7. The molecule has 1 fully saturated rings.